The zero-order valence-electron chi connectivity index (χ0n) is 26.6. The Hall–Kier alpha value is -4.78. The van der Waals surface area contributed by atoms with Crippen LogP contribution in [0.3, 0.4) is 0 Å². The Morgan fingerprint density at radius 3 is 2.15 bits per heavy atom. The number of amides is 2. The van der Waals surface area contributed by atoms with E-state index in [4.69, 9.17) is 14.2 Å². The lowest BCUT2D eigenvalue weighted by molar-refractivity contribution is -0.143. The van der Waals surface area contributed by atoms with E-state index in [9.17, 15) is 22.4 Å². The molecule has 1 heterocycles. The van der Waals surface area contributed by atoms with E-state index in [1.807, 2.05) is 30.3 Å². The van der Waals surface area contributed by atoms with Gasteiger partial charge in [-0.2, -0.15) is 4.31 Å². The van der Waals surface area contributed by atoms with Gasteiger partial charge in [0.2, 0.25) is 15.9 Å². The molecule has 12 heteroatoms. The molecule has 0 aromatic heterocycles. The van der Waals surface area contributed by atoms with Crippen molar-refractivity contribution in [2.75, 3.05) is 46.6 Å². The predicted molar refractivity (Wildman–Crippen MR) is 177 cm³/mol. The highest BCUT2D eigenvalue weighted by atomic mass is 32.2. The molecule has 0 aliphatic carbocycles. The van der Waals surface area contributed by atoms with Crippen LogP contribution in [-0.4, -0.2) is 76.0 Å². The number of morpholine rings is 1. The van der Waals surface area contributed by atoms with Crippen LogP contribution in [0.15, 0.2) is 108 Å². The topological polar surface area (TPSA) is 114 Å². The van der Waals surface area contributed by atoms with Crippen LogP contribution < -0.4 is 14.8 Å². The van der Waals surface area contributed by atoms with Crippen LogP contribution in [-0.2, 0) is 37.3 Å². The van der Waals surface area contributed by atoms with E-state index < -0.39 is 34.4 Å². The fourth-order valence-corrected chi connectivity index (χ4v) is 6.72. The minimum atomic E-state index is -3.70. The second-order valence-electron chi connectivity index (χ2n) is 11.1. The maximum atomic E-state index is 13.9. The molecule has 1 fully saturated rings. The van der Waals surface area contributed by atoms with Crippen LogP contribution in [0.2, 0.25) is 0 Å². The van der Waals surface area contributed by atoms with Gasteiger partial charge >= 0.3 is 0 Å². The number of hydrogen-bond acceptors (Lipinski definition) is 7. The highest BCUT2D eigenvalue weighted by Gasteiger charge is 2.32. The number of hydrogen-bond donors (Lipinski definition) is 1. The summed E-state index contributed by atoms with van der Waals surface area (Å²) < 4.78 is 57.4. The molecule has 2 amide bonds. The number of ether oxygens (including phenoxy) is 3. The number of nitrogens with one attached hydrogen (secondary N) is 1. The Kier molecular flexibility index (Phi) is 11.8. The first-order chi connectivity index (χ1) is 23.2. The third kappa shape index (κ3) is 8.97. The van der Waals surface area contributed by atoms with Crippen LogP contribution in [0.1, 0.15) is 22.7 Å². The van der Waals surface area contributed by atoms with Gasteiger partial charge in [0.25, 0.3) is 5.91 Å². The van der Waals surface area contributed by atoms with Gasteiger partial charge < -0.3 is 24.4 Å². The summed E-state index contributed by atoms with van der Waals surface area (Å²) in [6, 6.07) is 27.0. The summed E-state index contributed by atoms with van der Waals surface area (Å²) in [4.78, 5) is 29.3. The van der Waals surface area contributed by atoms with Crippen molar-refractivity contribution < 1.29 is 36.6 Å². The average Bonchev–Trinajstić information content (AvgIpc) is 3.12. The molecule has 0 bridgehead atoms. The first-order valence-corrected chi connectivity index (χ1v) is 17.0. The molecule has 10 nitrogen and oxygen atoms in total. The number of methoxy groups -OCH3 is 1. The van der Waals surface area contributed by atoms with E-state index in [0.717, 1.165) is 11.3 Å². The van der Waals surface area contributed by atoms with E-state index in [1.54, 1.807) is 43.5 Å². The molecular formula is C36H38FN3O7S. The zero-order chi connectivity index (χ0) is 33.9. The first-order valence-electron chi connectivity index (χ1n) is 15.5. The third-order valence-corrected chi connectivity index (χ3v) is 9.84. The summed E-state index contributed by atoms with van der Waals surface area (Å²) >= 11 is 0. The molecule has 252 valence electrons. The normalized spacial score (nSPS) is 14.1. The van der Waals surface area contributed by atoms with Crippen LogP contribution in [0.5, 0.6) is 11.5 Å². The summed E-state index contributed by atoms with van der Waals surface area (Å²) in [7, 11) is -2.10. The molecule has 1 aliphatic heterocycles. The SMILES string of the molecule is COc1ccc(CCNC(=O)C(c2ccccc2)N(Cc2ccc(F)cc2)C(=O)COc2ccc(S(=O)(=O)N3CCOCC3)cc2)cc1. The van der Waals surface area contributed by atoms with Crippen molar-refractivity contribution in [2.24, 2.45) is 0 Å². The molecule has 1 atom stereocenters. The number of sulfonamides is 1. The minimum Gasteiger partial charge on any atom is -0.497 e. The Labute approximate surface area is 280 Å². The Morgan fingerprint density at radius 1 is 0.875 bits per heavy atom. The van der Waals surface area contributed by atoms with Crippen LogP contribution in [0, 0.1) is 5.82 Å². The molecule has 1 unspecified atom stereocenters. The fourth-order valence-electron chi connectivity index (χ4n) is 5.31. The van der Waals surface area contributed by atoms with Crippen molar-refractivity contribution in [1.29, 1.82) is 0 Å². The molecule has 1 saturated heterocycles. The molecule has 48 heavy (non-hydrogen) atoms. The summed E-state index contributed by atoms with van der Waals surface area (Å²) in [5.74, 6) is -0.287. The second-order valence-corrected chi connectivity index (χ2v) is 13.1. The molecule has 4 aromatic carbocycles. The van der Waals surface area contributed by atoms with Gasteiger partial charge in [-0.05, 0) is 71.6 Å². The lowest BCUT2D eigenvalue weighted by Gasteiger charge is -2.31. The van der Waals surface area contributed by atoms with E-state index in [2.05, 4.69) is 5.32 Å². The minimum absolute atomic E-state index is 0.00463. The molecular weight excluding hydrogens is 637 g/mol. The maximum Gasteiger partial charge on any atom is 0.261 e. The van der Waals surface area contributed by atoms with Gasteiger partial charge in [-0.1, -0.05) is 54.6 Å². The van der Waals surface area contributed by atoms with Crippen molar-refractivity contribution in [3.05, 3.63) is 126 Å². The molecule has 5 rings (SSSR count). The number of carbonyl (C=O) groups is 2. The van der Waals surface area contributed by atoms with Crippen molar-refractivity contribution in [3.63, 3.8) is 0 Å². The highest BCUT2D eigenvalue weighted by Crippen LogP contribution is 2.26. The van der Waals surface area contributed by atoms with Gasteiger partial charge in [-0.3, -0.25) is 9.59 Å². The molecule has 1 aliphatic rings. The van der Waals surface area contributed by atoms with E-state index in [0.29, 0.717) is 37.3 Å². The average molecular weight is 676 g/mol. The number of nitrogens with zero attached hydrogens (tertiary/aromatic N) is 2. The number of carbonyl (C=O) groups excluding carboxylic acids is 2. The first kappa shape index (κ1) is 34.6. The maximum absolute atomic E-state index is 13.9. The lowest BCUT2D eigenvalue weighted by atomic mass is 10.0. The number of rotatable bonds is 14. The largest absolute Gasteiger partial charge is 0.497 e. The Morgan fingerprint density at radius 2 is 1.50 bits per heavy atom. The number of halogens is 1. The van der Waals surface area contributed by atoms with Crippen molar-refractivity contribution in [2.45, 2.75) is 23.9 Å². The van der Waals surface area contributed by atoms with Crippen LogP contribution >= 0.6 is 0 Å². The smallest absolute Gasteiger partial charge is 0.261 e. The Balaban J connectivity index is 1.33. The van der Waals surface area contributed by atoms with Crippen LogP contribution in [0.4, 0.5) is 4.39 Å². The molecule has 0 radical (unpaired) electrons. The monoisotopic (exact) mass is 675 g/mol. The van der Waals surface area contributed by atoms with Crippen molar-refractivity contribution in [3.8, 4) is 11.5 Å². The van der Waals surface area contributed by atoms with E-state index >= 15 is 0 Å². The number of benzene rings is 4. The molecule has 4 aromatic rings. The van der Waals surface area contributed by atoms with Gasteiger partial charge in [-0.15, -0.1) is 0 Å². The second kappa shape index (κ2) is 16.4. The van der Waals surface area contributed by atoms with Gasteiger partial charge in [0, 0.05) is 26.2 Å². The standard InChI is InChI=1S/C36H38FN3O7S/c1-45-31-13-9-27(10-14-31)19-20-38-36(42)35(29-5-3-2-4-6-29)40(25-28-7-11-30(37)12-8-28)34(41)26-47-32-15-17-33(18-16-32)48(43,44)39-21-23-46-24-22-39/h2-18,35H,19-26H2,1H3,(H,38,42). The van der Waals surface area contributed by atoms with Gasteiger partial charge in [-0.25, -0.2) is 12.8 Å². The molecule has 1 N–H and O–H groups in total. The quantitative estimate of drug-likeness (QED) is 0.211. The Bertz CT molecular complexity index is 1750. The third-order valence-electron chi connectivity index (χ3n) is 7.93. The summed E-state index contributed by atoms with van der Waals surface area (Å²) in [6.45, 7) is 1.11. The van der Waals surface area contributed by atoms with E-state index in [-0.39, 0.29) is 36.2 Å². The predicted octanol–water partition coefficient (Wildman–Crippen LogP) is 4.36. The summed E-state index contributed by atoms with van der Waals surface area (Å²) in [5, 5.41) is 2.98. The summed E-state index contributed by atoms with van der Waals surface area (Å²) in [5.41, 5.74) is 2.21. The molecule has 0 spiro atoms. The van der Waals surface area contributed by atoms with Gasteiger partial charge in [0.1, 0.15) is 23.4 Å². The van der Waals surface area contributed by atoms with E-state index in [1.165, 1.54) is 45.6 Å². The molecule has 0 saturated carbocycles. The van der Waals surface area contributed by atoms with Gasteiger partial charge in [0.15, 0.2) is 6.61 Å². The van der Waals surface area contributed by atoms with Crippen molar-refractivity contribution >= 4 is 21.8 Å². The van der Waals surface area contributed by atoms with Gasteiger partial charge in [0.05, 0.1) is 25.2 Å². The summed E-state index contributed by atoms with van der Waals surface area (Å²) in [6.07, 6.45) is 0.559. The highest BCUT2D eigenvalue weighted by molar-refractivity contribution is 7.89. The van der Waals surface area contributed by atoms with Crippen LogP contribution in [0.25, 0.3) is 0 Å². The van der Waals surface area contributed by atoms with Crippen molar-refractivity contribution in [1.82, 2.24) is 14.5 Å². The lowest BCUT2D eigenvalue weighted by Crippen LogP contribution is -2.45. The zero-order valence-corrected chi connectivity index (χ0v) is 27.4. The fraction of sp³-hybridized carbons (Fsp3) is 0.278.